The van der Waals surface area contributed by atoms with Crippen molar-refractivity contribution in [3.05, 3.63) is 48.0 Å². The van der Waals surface area contributed by atoms with E-state index in [1.807, 2.05) is 7.05 Å². The zero-order valence-corrected chi connectivity index (χ0v) is 13.1. The van der Waals surface area contributed by atoms with Crippen LogP contribution in [0.25, 0.3) is 0 Å². The highest BCUT2D eigenvalue weighted by atomic mass is 16.2. The van der Waals surface area contributed by atoms with Gasteiger partial charge in [-0.05, 0) is 30.9 Å². The quantitative estimate of drug-likeness (QED) is 0.939. The molecule has 0 aliphatic carbocycles. The Hall–Kier alpha value is -2.30. The van der Waals surface area contributed by atoms with Gasteiger partial charge in [0, 0.05) is 44.8 Å². The Morgan fingerprint density at radius 1 is 1.41 bits per heavy atom. The van der Waals surface area contributed by atoms with Crippen LogP contribution in [0.2, 0.25) is 0 Å². The lowest BCUT2D eigenvalue weighted by Gasteiger charge is -2.21. The molecule has 1 saturated heterocycles. The van der Waals surface area contributed by atoms with Crippen LogP contribution in [0.1, 0.15) is 22.6 Å². The van der Waals surface area contributed by atoms with E-state index in [1.165, 1.54) is 11.3 Å². The first-order valence-electron chi connectivity index (χ1n) is 7.71. The number of hydrogen-bond donors (Lipinski definition) is 1. The van der Waals surface area contributed by atoms with Gasteiger partial charge in [0.25, 0.3) is 5.91 Å². The summed E-state index contributed by atoms with van der Waals surface area (Å²) in [5.41, 5.74) is 2.61. The second kappa shape index (κ2) is 6.22. The number of rotatable bonds is 4. The summed E-state index contributed by atoms with van der Waals surface area (Å²) in [4.78, 5) is 18.6. The summed E-state index contributed by atoms with van der Waals surface area (Å²) in [5.74, 6) is 0.861. The van der Waals surface area contributed by atoms with Gasteiger partial charge in [0.1, 0.15) is 0 Å². The first-order valence-corrected chi connectivity index (χ1v) is 7.71. The van der Waals surface area contributed by atoms with Gasteiger partial charge in [-0.2, -0.15) is 0 Å². The van der Waals surface area contributed by atoms with Gasteiger partial charge in [-0.25, -0.2) is 4.98 Å². The molecule has 1 aromatic heterocycles. The summed E-state index contributed by atoms with van der Waals surface area (Å²) >= 11 is 0. The summed E-state index contributed by atoms with van der Waals surface area (Å²) in [6, 6.07) is 8.47. The highest BCUT2D eigenvalue weighted by Crippen LogP contribution is 2.26. The zero-order valence-electron chi connectivity index (χ0n) is 13.1. The summed E-state index contributed by atoms with van der Waals surface area (Å²) in [6.45, 7) is 4.89. The number of amides is 1. The molecule has 0 spiro atoms. The highest BCUT2D eigenvalue weighted by molar-refractivity contribution is 5.90. The molecule has 1 aliphatic heterocycles. The van der Waals surface area contributed by atoms with Crippen molar-refractivity contribution in [2.24, 2.45) is 13.0 Å². The van der Waals surface area contributed by atoms with E-state index >= 15 is 0 Å². The number of anilines is 1. The largest absolute Gasteiger partial charge is 0.371 e. The van der Waals surface area contributed by atoms with Crippen LogP contribution in [0.5, 0.6) is 0 Å². The lowest BCUT2D eigenvalue weighted by molar-refractivity contribution is 0.0935. The van der Waals surface area contributed by atoms with Crippen molar-refractivity contribution < 1.29 is 4.79 Å². The fourth-order valence-electron chi connectivity index (χ4n) is 3.04. The molecule has 0 bridgehead atoms. The van der Waals surface area contributed by atoms with Gasteiger partial charge >= 0.3 is 0 Å². The first kappa shape index (κ1) is 14.6. The average molecular weight is 298 g/mol. The number of carbonyl (C=O) groups is 1. The van der Waals surface area contributed by atoms with Crippen molar-refractivity contribution in [2.45, 2.75) is 13.3 Å². The third-order valence-electron chi connectivity index (χ3n) is 4.32. The van der Waals surface area contributed by atoms with E-state index < -0.39 is 0 Å². The first-order chi connectivity index (χ1) is 10.6. The summed E-state index contributed by atoms with van der Waals surface area (Å²) in [5, 5.41) is 3.01. The van der Waals surface area contributed by atoms with E-state index in [0.29, 0.717) is 18.3 Å². The van der Waals surface area contributed by atoms with Gasteiger partial charge in [-0.15, -0.1) is 0 Å². The predicted octanol–water partition coefficient (Wildman–Crippen LogP) is 1.98. The van der Waals surface area contributed by atoms with E-state index in [4.69, 9.17) is 0 Å². The van der Waals surface area contributed by atoms with Crippen molar-refractivity contribution in [3.8, 4) is 0 Å². The Balaban J connectivity index is 1.55. The van der Waals surface area contributed by atoms with E-state index in [0.717, 1.165) is 19.5 Å². The molecule has 2 heterocycles. The number of carbonyl (C=O) groups excluding carboxylic acids is 1. The minimum Gasteiger partial charge on any atom is -0.371 e. The minimum absolute atomic E-state index is 0.0955. The van der Waals surface area contributed by atoms with Crippen molar-refractivity contribution >= 4 is 11.6 Å². The summed E-state index contributed by atoms with van der Waals surface area (Å²) < 4.78 is 1.74. The number of hydrogen-bond acceptors (Lipinski definition) is 3. The van der Waals surface area contributed by atoms with E-state index in [1.54, 1.807) is 17.0 Å². The van der Waals surface area contributed by atoms with E-state index in [2.05, 4.69) is 46.4 Å². The number of aromatic nitrogens is 2. The van der Waals surface area contributed by atoms with Gasteiger partial charge in [0.05, 0.1) is 0 Å². The Kier molecular flexibility index (Phi) is 4.13. The standard InChI is InChI=1S/C17H22N4O/c1-13-5-3-4-6-15(13)21-9-7-14(12-21)11-19-17(22)16-18-8-10-20(16)2/h3-6,8,10,14H,7,9,11-12H2,1-2H3,(H,19,22). The van der Waals surface area contributed by atoms with Crippen LogP contribution in [0.3, 0.4) is 0 Å². The maximum atomic E-state index is 12.1. The Morgan fingerprint density at radius 2 is 2.23 bits per heavy atom. The fourth-order valence-corrected chi connectivity index (χ4v) is 3.04. The van der Waals surface area contributed by atoms with Gasteiger partial charge in [-0.1, -0.05) is 18.2 Å². The predicted molar refractivity (Wildman–Crippen MR) is 87.0 cm³/mol. The number of imidazole rings is 1. The third-order valence-corrected chi connectivity index (χ3v) is 4.32. The van der Waals surface area contributed by atoms with Crippen LogP contribution in [0.15, 0.2) is 36.7 Å². The van der Waals surface area contributed by atoms with Gasteiger partial charge in [-0.3, -0.25) is 4.79 Å². The molecule has 0 radical (unpaired) electrons. The summed E-state index contributed by atoms with van der Waals surface area (Å²) in [6.07, 6.45) is 4.53. The smallest absolute Gasteiger partial charge is 0.287 e. The second-order valence-corrected chi connectivity index (χ2v) is 5.96. The number of aryl methyl sites for hydroxylation is 2. The molecule has 116 valence electrons. The lowest BCUT2D eigenvalue weighted by Crippen LogP contribution is -2.32. The third kappa shape index (κ3) is 2.98. The molecule has 22 heavy (non-hydrogen) atoms. The number of nitrogens with zero attached hydrogens (tertiary/aromatic N) is 3. The van der Waals surface area contributed by atoms with Crippen LogP contribution in [-0.4, -0.2) is 35.1 Å². The molecule has 1 N–H and O–H groups in total. The van der Waals surface area contributed by atoms with Crippen LogP contribution < -0.4 is 10.2 Å². The molecular formula is C17H22N4O. The van der Waals surface area contributed by atoms with Gasteiger partial charge < -0.3 is 14.8 Å². The maximum Gasteiger partial charge on any atom is 0.287 e. The molecule has 5 nitrogen and oxygen atoms in total. The molecule has 3 rings (SSSR count). The number of nitrogens with one attached hydrogen (secondary N) is 1. The fraction of sp³-hybridized carbons (Fsp3) is 0.412. The normalized spacial score (nSPS) is 17.7. The molecular weight excluding hydrogens is 276 g/mol. The van der Waals surface area contributed by atoms with E-state index in [9.17, 15) is 4.79 Å². The zero-order chi connectivity index (χ0) is 15.5. The molecule has 1 fully saturated rings. The summed E-state index contributed by atoms with van der Waals surface area (Å²) in [7, 11) is 1.83. The van der Waals surface area contributed by atoms with Gasteiger partial charge in [0.15, 0.2) is 5.82 Å². The van der Waals surface area contributed by atoms with Crippen molar-refractivity contribution in [3.63, 3.8) is 0 Å². The SMILES string of the molecule is Cc1ccccc1N1CCC(CNC(=O)c2nccn2C)C1. The minimum atomic E-state index is -0.0955. The Bertz CT molecular complexity index is 664. The van der Waals surface area contributed by atoms with Crippen molar-refractivity contribution in [1.82, 2.24) is 14.9 Å². The lowest BCUT2D eigenvalue weighted by atomic mass is 10.1. The van der Waals surface area contributed by atoms with Gasteiger partial charge in [0.2, 0.25) is 0 Å². The van der Waals surface area contributed by atoms with Crippen LogP contribution in [0.4, 0.5) is 5.69 Å². The van der Waals surface area contributed by atoms with Crippen molar-refractivity contribution in [1.29, 1.82) is 0 Å². The molecule has 1 unspecified atom stereocenters. The Morgan fingerprint density at radius 3 is 2.95 bits per heavy atom. The molecule has 1 aliphatic rings. The van der Waals surface area contributed by atoms with Crippen LogP contribution >= 0.6 is 0 Å². The average Bonchev–Trinajstić information content (AvgIpc) is 3.14. The highest BCUT2D eigenvalue weighted by Gasteiger charge is 2.24. The van der Waals surface area contributed by atoms with Crippen LogP contribution in [0, 0.1) is 12.8 Å². The maximum absolute atomic E-state index is 12.1. The number of benzene rings is 1. The van der Waals surface area contributed by atoms with Crippen LogP contribution in [-0.2, 0) is 7.05 Å². The second-order valence-electron chi connectivity index (χ2n) is 5.96. The molecule has 1 aromatic carbocycles. The molecule has 1 amide bonds. The molecule has 2 aromatic rings. The van der Waals surface area contributed by atoms with E-state index in [-0.39, 0.29) is 5.91 Å². The molecule has 1 atom stereocenters. The number of para-hydroxylation sites is 1. The topological polar surface area (TPSA) is 50.2 Å². The molecule has 5 heteroatoms. The Labute approximate surface area is 131 Å². The monoisotopic (exact) mass is 298 g/mol. The molecule has 0 saturated carbocycles. The van der Waals surface area contributed by atoms with Crippen molar-refractivity contribution in [2.75, 3.05) is 24.5 Å².